The van der Waals surface area contributed by atoms with Crippen molar-refractivity contribution in [3.63, 3.8) is 0 Å². The fourth-order valence-electron chi connectivity index (χ4n) is 5.49. The number of ether oxygens (including phenoxy) is 2. The minimum absolute atomic E-state index is 0.0362. The highest BCUT2D eigenvalue weighted by Gasteiger charge is 2.21. The average molecular weight is 770 g/mol. The number of esters is 2. The van der Waals surface area contributed by atoms with Crippen molar-refractivity contribution in [1.82, 2.24) is 0 Å². The largest absolute Gasteiger partial charge is 0.756 e. The average Bonchev–Trinajstić information content (AvgIpc) is 3.10. The van der Waals surface area contributed by atoms with Crippen molar-refractivity contribution in [2.75, 3.05) is 47.5 Å². The molecule has 0 saturated heterocycles. The van der Waals surface area contributed by atoms with Crippen LogP contribution in [-0.4, -0.2) is 70.0 Å². The zero-order valence-corrected chi connectivity index (χ0v) is 35.6. The lowest BCUT2D eigenvalue weighted by atomic mass is 10.1. The molecule has 0 spiro atoms. The molecule has 2 atom stereocenters. The van der Waals surface area contributed by atoms with Crippen molar-refractivity contribution in [3.8, 4) is 0 Å². The van der Waals surface area contributed by atoms with E-state index in [2.05, 4.69) is 50.3 Å². The SMILES string of the molecule is CCCC/C=C/C/C=C/CCCCCCCC(=O)O[C@H](COC(=O)CCCCC/C=C/CCCCCCCCCC)COP(=O)([O-])OCC[N+](C)(C)C. The molecule has 0 fully saturated rings. The lowest BCUT2D eigenvalue weighted by molar-refractivity contribution is -0.870. The predicted molar refractivity (Wildman–Crippen MR) is 217 cm³/mol. The number of carbonyl (C=O) groups excluding carboxylic acids is 2. The molecule has 0 saturated carbocycles. The van der Waals surface area contributed by atoms with E-state index in [0.29, 0.717) is 23.9 Å². The molecule has 0 radical (unpaired) electrons. The third-order valence-corrected chi connectivity index (χ3v) is 9.85. The van der Waals surface area contributed by atoms with Gasteiger partial charge in [0, 0.05) is 12.8 Å². The van der Waals surface area contributed by atoms with Gasteiger partial charge in [0.2, 0.25) is 0 Å². The molecular weight excluding hydrogens is 689 g/mol. The summed E-state index contributed by atoms with van der Waals surface area (Å²) in [5, 5.41) is 0. The van der Waals surface area contributed by atoms with Crippen LogP contribution < -0.4 is 4.89 Å². The Morgan fingerprint density at radius 1 is 0.585 bits per heavy atom. The second-order valence-electron chi connectivity index (χ2n) is 15.3. The quantitative estimate of drug-likeness (QED) is 0.0201. The molecule has 0 aliphatic heterocycles. The summed E-state index contributed by atoms with van der Waals surface area (Å²) in [5.74, 6) is -0.870. The minimum atomic E-state index is -4.63. The summed E-state index contributed by atoms with van der Waals surface area (Å²) in [6, 6.07) is 0. The molecule has 53 heavy (non-hydrogen) atoms. The van der Waals surface area contributed by atoms with Gasteiger partial charge in [0.1, 0.15) is 19.8 Å². The van der Waals surface area contributed by atoms with Crippen molar-refractivity contribution >= 4 is 19.8 Å². The van der Waals surface area contributed by atoms with E-state index < -0.39 is 32.5 Å². The van der Waals surface area contributed by atoms with Crippen LogP contribution in [0.25, 0.3) is 0 Å². The molecule has 0 aromatic carbocycles. The number of carbonyl (C=O) groups is 2. The molecule has 0 aliphatic rings. The number of nitrogens with zero attached hydrogens (tertiary/aromatic N) is 1. The van der Waals surface area contributed by atoms with E-state index in [9.17, 15) is 19.0 Å². The molecule has 0 aromatic heterocycles. The van der Waals surface area contributed by atoms with Crippen molar-refractivity contribution in [3.05, 3.63) is 36.5 Å². The lowest BCUT2D eigenvalue weighted by Gasteiger charge is -2.28. The zero-order chi connectivity index (χ0) is 39.3. The van der Waals surface area contributed by atoms with Crippen LogP contribution in [0.5, 0.6) is 0 Å². The number of unbranched alkanes of at least 4 members (excludes halogenated alkanes) is 18. The molecule has 310 valence electrons. The second kappa shape index (κ2) is 35.9. The van der Waals surface area contributed by atoms with Crippen LogP contribution in [0.3, 0.4) is 0 Å². The first kappa shape index (κ1) is 51.2. The Balaban J connectivity index is 4.43. The third kappa shape index (κ3) is 39.7. The summed E-state index contributed by atoms with van der Waals surface area (Å²) in [6.07, 6.45) is 38.8. The Hall–Kier alpha value is -1.77. The van der Waals surface area contributed by atoms with Gasteiger partial charge in [0.05, 0.1) is 27.7 Å². The van der Waals surface area contributed by atoms with Gasteiger partial charge in [-0.25, -0.2) is 0 Å². The monoisotopic (exact) mass is 770 g/mol. The Morgan fingerprint density at radius 2 is 1.04 bits per heavy atom. The summed E-state index contributed by atoms with van der Waals surface area (Å²) >= 11 is 0. The van der Waals surface area contributed by atoms with E-state index in [1.54, 1.807) is 0 Å². The smallest absolute Gasteiger partial charge is 0.306 e. The van der Waals surface area contributed by atoms with Gasteiger partial charge in [-0.3, -0.25) is 14.2 Å². The molecule has 1 unspecified atom stereocenters. The second-order valence-corrected chi connectivity index (χ2v) is 16.8. The molecule has 0 heterocycles. The maximum Gasteiger partial charge on any atom is 0.306 e. The van der Waals surface area contributed by atoms with E-state index in [0.717, 1.165) is 70.6 Å². The summed E-state index contributed by atoms with van der Waals surface area (Å²) in [7, 11) is 1.15. The van der Waals surface area contributed by atoms with Crippen LogP contribution >= 0.6 is 7.82 Å². The first-order valence-corrected chi connectivity index (χ1v) is 22.7. The number of hydrogen-bond acceptors (Lipinski definition) is 8. The normalized spacial score (nSPS) is 14.0. The first-order valence-electron chi connectivity index (χ1n) is 21.2. The summed E-state index contributed by atoms with van der Waals surface area (Å²) in [4.78, 5) is 37.4. The van der Waals surface area contributed by atoms with Crippen LogP contribution in [0.4, 0.5) is 0 Å². The highest BCUT2D eigenvalue weighted by Crippen LogP contribution is 2.38. The predicted octanol–water partition coefficient (Wildman–Crippen LogP) is 11.1. The van der Waals surface area contributed by atoms with Gasteiger partial charge < -0.3 is 27.9 Å². The molecule has 0 aliphatic carbocycles. The molecule has 0 rings (SSSR count). The number of phosphoric acid groups is 1. The Kier molecular flexibility index (Phi) is 34.7. The first-order chi connectivity index (χ1) is 25.5. The van der Waals surface area contributed by atoms with Crippen LogP contribution in [-0.2, 0) is 32.7 Å². The number of likely N-dealkylation sites (N-methyl/N-ethyl adjacent to an activating group) is 1. The van der Waals surface area contributed by atoms with Crippen LogP contribution in [0, 0.1) is 0 Å². The van der Waals surface area contributed by atoms with Gasteiger partial charge in [-0.2, -0.15) is 0 Å². The molecule has 10 heteroatoms. The molecule has 0 amide bonds. The Morgan fingerprint density at radius 3 is 1.58 bits per heavy atom. The lowest BCUT2D eigenvalue weighted by Crippen LogP contribution is -2.37. The summed E-state index contributed by atoms with van der Waals surface area (Å²) in [6.45, 7) is 4.14. The fourth-order valence-corrected chi connectivity index (χ4v) is 6.22. The highest BCUT2D eigenvalue weighted by molar-refractivity contribution is 7.45. The van der Waals surface area contributed by atoms with E-state index in [-0.39, 0.29) is 26.1 Å². The van der Waals surface area contributed by atoms with Crippen molar-refractivity contribution in [1.29, 1.82) is 0 Å². The van der Waals surface area contributed by atoms with E-state index in [4.69, 9.17) is 18.5 Å². The van der Waals surface area contributed by atoms with Gasteiger partial charge in [0.25, 0.3) is 7.82 Å². The van der Waals surface area contributed by atoms with E-state index >= 15 is 0 Å². The molecular formula is C43H80NO8P. The third-order valence-electron chi connectivity index (χ3n) is 8.88. The van der Waals surface area contributed by atoms with Gasteiger partial charge >= 0.3 is 11.9 Å². The number of phosphoric ester groups is 1. The molecule has 0 bridgehead atoms. The molecule has 0 aromatic rings. The van der Waals surface area contributed by atoms with Crippen LogP contribution in [0.2, 0.25) is 0 Å². The zero-order valence-electron chi connectivity index (χ0n) is 34.7. The van der Waals surface area contributed by atoms with Gasteiger partial charge in [0.15, 0.2) is 6.10 Å². The highest BCUT2D eigenvalue weighted by atomic mass is 31.2. The summed E-state index contributed by atoms with van der Waals surface area (Å²) in [5.41, 5.74) is 0. The Bertz CT molecular complexity index is 1010. The van der Waals surface area contributed by atoms with Gasteiger partial charge in [-0.15, -0.1) is 0 Å². The van der Waals surface area contributed by atoms with E-state index in [1.165, 1.54) is 64.2 Å². The maximum absolute atomic E-state index is 12.6. The number of rotatable bonds is 38. The topological polar surface area (TPSA) is 111 Å². The van der Waals surface area contributed by atoms with Crippen molar-refractivity contribution < 1.29 is 42.1 Å². The van der Waals surface area contributed by atoms with Crippen LogP contribution in [0.1, 0.15) is 174 Å². The van der Waals surface area contributed by atoms with E-state index in [1.807, 2.05) is 21.1 Å². The number of hydrogen-bond donors (Lipinski definition) is 0. The standard InChI is InChI=1S/C43H80NO8P/c1-6-8-10-12-14-16-18-20-22-24-25-27-29-31-33-35-42(45)49-39-41(40-51-53(47,48)50-38-37-44(3,4)5)52-43(46)36-34-32-30-28-26-23-21-19-17-15-13-11-9-7-2/h13,15,19,21,24-25,41H,6-12,14,16-18,20,22-23,26-40H2,1-5H3/b15-13+,21-19+,25-24+/t41-/m1/s1. The molecule has 9 nitrogen and oxygen atoms in total. The number of quaternary nitrogens is 1. The molecule has 0 N–H and O–H groups in total. The maximum atomic E-state index is 12.6. The van der Waals surface area contributed by atoms with Crippen molar-refractivity contribution in [2.45, 2.75) is 180 Å². The van der Waals surface area contributed by atoms with Crippen LogP contribution in [0.15, 0.2) is 36.5 Å². The van der Waals surface area contributed by atoms with Gasteiger partial charge in [-0.05, 0) is 64.2 Å². The fraction of sp³-hybridized carbons (Fsp3) is 0.814. The number of allylic oxidation sites excluding steroid dienone is 6. The summed E-state index contributed by atoms with van der Waals surface area (Å²) < 4.78 is 33.8. The Labute approximate surface area is 325 Å². The minimum Gasteiger partial charge on any atom is -0.756 e. The van der Waals surface area contributed by atoms with Gasteiger partial charge in [-0.1, -0.05) is 134 Å². The van der Waals surface area contributed by atoms with Crippen molar-refractivity contribution in [2.24, 2.45) is 0 Å².